The summed E-state index contributed by atoms with van der Waals surface area (Å²) in [5.41, 5.74) is 1.88. The topological polar surface area (TPSA) is 51.5 Å². The number of carbonyl (C=O) groups is 1. The number of hydrogen-bond donors (Lipinski definition) is 1. The molecule has 1 aromatic heterocycles. The van der Waals surface area contributed by atoms with Crippen molar-refractivity contribution in [2.45, 2.75) is 13.5 Å². The van der Waals surface area contributed by atoms with E-state index in [2.05, 4.69) is 5.32 Å². The molecule has 2 aromatic rings. The maximum atomic E-state index is 11.8. The average molecular weight is 271 g/mol. The van der Waals surface area contributed by atoms with Gasteiger partial charge in [-0.2, -0.15) is 0 Å². The Balaban J connectivity index is 1.95. The van der Waals surface area contributed by atoms with Gasteiger partial charge < -0.3 is 14.5 Å². The lowest BCUT2D eigenvalue weighted by atomic mass is 10.1. The van der Waals surface area contributed by atoms with Gasteiger partial charge in [-0.1, -0.05) is 12.1 Å². The van der Waals surface area contributed by atoms with Gasteiger partial charge in [-0.15, -0.1) is 0 Å². The van der Waals surface area contributed by atoms with Gasteiger partial charge in [0.15, 0.2) is 0 Å². The first-order valence-electron chi connectivity index (χ1n) is 6.32. The molecule has 4 heteroatoms. The van der Waals surface area contributed by atoms with Crippen LogP contribution in [-0.4, -0.2) is 13.0 Å². The smallest absolute Gasteiger partial charge is 0.244 e. The van der Waals surface area contributed by atoms with E-state index in [-0.39, 0.29) is 5.91 Å². The lowest BCUT2D eigenvalue weighted by Gasteiger charge is -2.04. The molecule has 1 heterocycles. The number of allylic oxidation sites excluding steroid dienone is 1. The Hall–Kier alpha value is -2.49. The van der Waals surface area contributed by atoms with Gasteiger partial charge in [0.05, 0.1) is 19.9 Å². The highest BCUT2D eigenvalue weighted by molar-refractivity contribution is 5.94. The number of nitrogens with one attached hydrogen (secondary N) is 1. The summed E-state index contributed by atoms with van der Waals surface area (Å²) < 4.78 is 10.3. The van der Waals surface area contributed by atoms with Gasteiger partial charge in [0.25, 0.3) is 0 Å². The Bertz CT molecular complexity index is 583. The van der Waals surface area contributed by atoms with Crippen LogP contribution in [0.25, 0.3) is 5.57 Å². The van der Waals surface area contributed by atoms with Crippen LogP contribution in [0.5, 0.6) is 5.75 Å². The Morgan fingerprint density at radius 2 is 2.05 bits per heavy atom. The van der Waals surface area contributed by atoms with Crippen LogP contribution >= 0.6 is 0 Å². The van der Waals surface area contributed by atoms with Gasteiger partial charge in [-0.25, -0.2) is 0 Å². The molecule has 20 heavy (non-hydrogen) atoms. The number of benzene rings is 1. The molecule has 1 N–H and O–H groups in total. The molecule has 0 aliphatic heterocycles. The minimum Gasteiger partial charge on any atom is -0.497 e. The Morgan fingerprint density at radius 3 is 2.65 bits per heavy atom. The van der Waals surface area contributed by atoms with Crippen molar-refractivity contribution in [3.8, 4) is 5.75 Å². The van der Waals surface area contributed by atoms with E-state index in [1.54, 1.807) is 25.5 Å². The molecule has 104 valence electrons. The summed E-state index contributed by atoms with van der Waals surface area (Å²) in [6.07, 6.45) is 3.16. The first-order valence-corrected chi connectivity index (χ1v) is 6.32. The minimum absolute atomic E-state index is 0.144. The molecular formula is C16H17NO3. The Labute approximate surface area is 118 Å². The van der Waals surface area contributed by atoms with E-state index in [0.29, 0.717) is 6.54 Å². The molecule has 0 radical (unpaired) electrons. The second-order valence-corrected chi connectivity index (χ2v) is 4.35. The van der Waals surface area contributed by atoms with E-state index in [1.807, 2.05) is 37.3 Å². The SMILES string of the molecule is COc1ccc(/C(C)=C/C(=O)NCc2ccco2)cc1. The van der Waals surface area contributed by atoms with Crippen LogP contribution in [0.4, 0.5) is 0 Å². The number of furan rings is 1. The minimum atomic E-state index is -0.144. The first-order chi connectivity index (χ1) is 9.69. The van der Waals surface area contributed by atoms with Crippen LogP contribution in [0.1, 0.15) is 18.2 Å². The van der Waals surface area contributed by atoms with Crippen LogP contribution < -0.4 is 10.1 Å². The zero-order chi connectivity index (χ0) is 14.4. The molecular weight excluding hydrogens is 254 g/mol. The van der Waals surface area contributed by atoms with Crippen molar-refractivity contribution in [2.24, 2.45) is 0 Å². The van der Waals surface area contributed by atoms with Crippen molar-refractivity contribution in [3.63, 3.8) is 0 Å². The average Bonchev–Trinajstić information content (AvgIpc) is 2.98. The molecule has 0 bridgehead atoms. The molecule has 0 aliphatic rings. The van der Waals surface area contributed by atoms with E-state index in [9.17, 15) is 4.79 Å². The predicted octanol–water partition coefficient (Wildman–Crippen LogP) is 3.01. The maximum absolute atomic E-state index is 11.8. The van der Waals surface area contributed by atoms with Crippen molar-refractivity contribution in [3.05, 3.63) is 60.1 Å². The summed E-state index contributed by atoms with van der Waals surface area (Å²) in [4.78, 5) is 11.8. The second-order valence-electron chi connectivity index (χ2n) is 4.35. The standard InChI is InChI=1S/C16H17NO3/c1-12(13-5-7-14(19-2)8-6-13)10-16(18)17-11-15-4-3-9-20-15/h3-10H,11H2,1-2H3,(H,17,18)/b12-10+. The Kier molecular flexibility index (Phi) is 4.60. The third-order valence-corrected chi connectivity index (χ3v) is 2.91. The molecule has 0 saturated carbocycles. The fourth-order valence-corrected chi connectivity index (χ4v) is 1.77. The fraction of sp³-hybridized carbons (Fsp3) is 0.188. The Morgan fingerprint density at radius 1 is 1.30 bits per heavy atom. The molecule has 0 spiro atoms. The number of amides is 1. The van der Waals surface area contributed by atoms with Gasteiger partial charge in [-0.05, 0) is 42.3 Å². The fourth-order valence-electron chi connectivity index (χ4n) is 1.77. The third kappa shape index (κ3) is 3.75. The van der Waals surface area contributed by atoms with E-state index in [4.69, 9.17) is 9.15 Å². The zero-order valence-corrected chi connectivity index (χ0v) is 11.6. The van der Waals surface area contributed by atoms with Crippen LogP contribution in [0.2, 0.25) is 0 Å². The lowest BCUT2D eigenvalue weighted by molar-refractivity contribution is -0.116. The number of hydrogen-bond acceptors (Lipinski definition) is 3. The number of ether oxygens (including phenoxy) is 1. The largest absolute Gasteiger partial charge is 0.497 e. The molecule has 0 aliphatic carbocycles. The van der Waals surface area contributed by atoms with E-state index < -0.39 is 0 Å². The predicted molar refractivity (Wildman–Crippen MR) is 77.2 cm³/mol. The van der Waals surface area contributed by atoms with Gasteiger partial charge in [0.2, 0.25) is 5.91 Å². The van der Waals surface area contributed by atoms with Crippen LogP contribution in [0.3, 0.4) is 0 Å². The van der Waals surface area contributed by atoms with Gasteiger partial charge in [0, 0.05) is 6.08 Å². The highest BCUT2D eigenvalue weighted by Crippen LogP contribution is 2.17. The molecule has 1 amide bonds. The molecule has 4 nitrogen and oxygen atoms in total. The highest BCUT2D eigenvalue weighted by Gasteiger charge is 2.02. The molecule has 1 aromatic carbocycles. The van der Waals surface area contributed by atoms with Gasteiger partial charge in [0.1, 0.15) is 11.5 Å². The van der Waals surface area contributed by atoms with Crippen molar-refractivity contribution in [2.75, 3.05) is 7.11 Å². The van der Waals surface area contributed by atoms with E-state index >= 15 is 0 Å². The summed E-state index contributed by atoms with van der Waals surface area (Å²) in [5, 5.41) is 2.77. The van der Waals surface area contributed by atoms with Crippen molar-refractivity contribution >= 4 is 11.5 Å². The highest BCUT2D eigenvalue weighted by atomic mass is 16.5. The normalized spacial score (nSPS) is 11.2. The summed E-state index contributed by atoms with van der Waals surface area (Å²) >= 11 is 0. The molecule has 0 unspecified atom stereocenters. The zero-order valence-electron chi connectivity index (χ0n) is 11.6. The summed E-state index contributed by atoms with van der Waals surface area (Å²) in [7, 11) is 1.62. The van der Waals surface area contributed by atoms with Crippen molar-refractivity contribution in [1.29, 1.82) is 0 Å². The third-order valence-electron chi connectivity index (χ3n) is 2.91. The number of rotatable bonds is 5. The first kappa shape index (κ1) is 13.9. The van der Waals surface area contributed by atoms with E-state index in [0.717, 1.165) is 22.6 Å². The van der Waals surface area contributed by atoms with Crippen molar-refractivity contribution in [1.82, 2.24) is 5.32 Å². The molecule has 0 fully saturated rings. The van der Waals surface area contributed by atoms with Crippen LogP contribution in [-0.2, 0) is 11.3 Å². The maximum Gasteiger partial charge on any atom is 0.244 e. The lowest BCUT2D eigenvalue weighted by Crippen LogP contribution is -2.20. The molecule has 0 saturated heterocycles. The molecule has 2 rings (SSSR count). The van der Waals surface area contributed by atoms with Gasteiger partial charge >= 0.3 is 0 Å². The second kappa shape index (κ2) is 6.61. The van der Waals surface area contributed by atoms with E-state index in [1.165, 1.54) is 0 Å². The summed E-state index contributed by atoms with van der Waals surface area (Å²) in [6.45, 7) is 2.28. The van der Waals surface area contributed by atoms with Crippen LogP contribution in [0.15, 0.2) is 53.2 Å². The van der Waals surface area contributed by atoms with Gasteiger partial charge in [-0.3, -0.25) is 4.79 Å². The number of methoxy groups -OCH3 is 1. The summed E-state index contributed by atoms with van der Waals surface area (Å²) in [5.74, 6) is 1.38. The van der Waals surface area contributed by atoms with Crippen LogP contribution in [0, 0.1) is 0 Å². The number of carbonyl (C=O) groups excluding carboxylic acids is 1. The monoisotopic (exact) mass is 271 g/mol. The quantitative estimate of drug-likeness (QED) is 0.850. The summed E-state index contributed by atoms with van der Waals surface area (Å²) in [6, 6.07) is 11.2. The van der Waals surface area contributed by atoms with Crippen molar-refractivity contribution < 1.29 is 13.9 Å². The molecule has 0 atom stereocenters.